The topological polar surface area (TPSA) is 59.8 Å². The summed E-state index contributed by atoms with van der Waals surface area (Å²) >= 11 is 1.64. The molecule has 0 unspecified atom stereocenters. The second-order valence-corrected chi connectivity index (χ2v) is 7.37. The Labute approximate surface area is 162 Å². The molecule has 0 spiro atoms. The molecule has 3 rings (SSSR count). The van der Waals surface area contributed by atoms with Crippen molar-refractivity contribution in [1.29, 1.82) is 0 Å². The number of ether oxygens (including phenoxy) is 1. The van der Waals surface area contributed by atoms with Gasteiger partial charge in [-0.3, -0.25) is 4.79 Å². The number of rotatable bonds is 7. The molecule has 0 atom stereocenters. The standard InChI is InChI=1S/C21H23NO4S/c1-4-22(13-16-6-5-11-27-16)20(23)10-9-18-14(2)17-8-7-15(25-3)12-19(17)26-21(18)24/h5-8,11-12H,4,9-10,13H2,1-3H3. The maximum absolute atomic E-state index is 12.6. The number of carbonyl (C=O) groups excluding carboxylic acids is 1. The number of nitrogens with zero attached hydrogens (tertiary/aromatic N) is 1. The number of hydrogen-bond donors (Lipinski definition) is 0. The molecule has 2 heterocycles. The van der Waals surface area contributed by atoms with Gasteiger partial charge in [0.25, 0.3) is 0 Å². The fraction of sp³-hybridized carbons (Fsp3) is 0.333. The maximum atomic E-state index is 12.6. The van der Waals surface area contributed by atoms with Crippen LogP contribution < -0.4 is 10.4 Å². The molecule has 0 fully saturated rings. The lowest BCUT2D eigenvalue weighted by atomic mass is 10.0. The van der Waals surface area contributed by atoms with Crippen LogP contribution in [0.2, 0.25) is 0 Å². The molecule has 0 aliphatic carbocycles. The zero-order chi connectivity index (χ0) is 19.4. The average Bonchev–Trinajstić information content (AvgIpc) is 3.18. The van der Waals surface area contributed by atoms with Crippen LogP contribution in [0, 0.1) is 6.92 Å². The number of fused-ring (bicyclic) bond motifs is 1. The summed E-state index contributed by atoms with van der Waals surface area (Å²) in [7, 11) is 1.57. The van der Waals surface area contributed by atoms with Gasteiger partial charge >= 0.3 is 5.63 Å². The van der Waals surface area contributed by atoms with Gasteiger partial charge in [0.1, 0.15) is 11.3 Å². The van der Waals surface area contributed by atoms with E-state index in [-0.39, 0.29) is 18.0 Å². The highest BCUT2D eigenvalue weighted by molar-refractivity contribution is 7.09. The van der Waals surface area contributed by atoms with Crippen molar-refractivity contribution in [3.05, 3.63) is 62.1 Å². The van der Waals surface area contributed by atoms with Gasteiger partial charge in [0.2, 0.25) is 5.91 Å². The minimum Gasteiger partial charge on any atom is -0.497 e. The predicted molar refractivity (Wildman–Crippen MR) is 108 cm³/mol. The van der Waals surface area contributed by atoms with Crippen molar-refractivity contribution in [2.45, 2.75) is 33.2 Å². The number of thiophene rings is 1. The van der Waals surface area contributed by atoms with Crippen LogP contribution in [-0.2, 0) is 17.8 Å². The van der Waals surface area contributed by atoms with E-state index in [1.807, 2.05) is 48.4 Å². The first kappa shape index (κ1) is 19.2. The van der Waals surface area contributed by atoms with Crippen LogP contribution in [-0.4, -0.2) is 24.5 Å². The summed E-state index contributed by atoms with van der Waals surface area (Å²) < 4.78 is 10.6. The van der Waals surface area contributed by atoms with Gasteiger partial charge in [-0.15, -0.1) is 11.3 Å². The number of amides is 1. The number of aryl methyl sites for hydroxylation is 1. The first-order valence-corrected chi connectivity index (χ1v) is 9.82. The van der Waals surface area contributed by atoms with Crippen LogP contribution in [0.5, 0.6) is 5.75 Å². The smallest absolute Gasteiger partial charge is 0.339 e. The van der Waals surface area contributed by atoms with E-state index in [1.165, 1.54) is 0 Å². The van der Waals surface area contributed by atoms with E-state index in [2.05, 4.69) is 0 Å². The highest BCUT2D eigenvalue weighted by atomic mass is 32.1. The van der Waals surface area contributed by atoms with Gasteiger partial charge in [0.05, 0.1) is 13.7 Å². The predicted octanol–water partition coefficient (Wildman–Crippen LogP) is 4.15. The molecular weight excluding hydrogens is 362 g/mol. The molecular formula is C21H23NO4S. The lowest BCUT2D eigenvalue weighted by Crippen LogP contribution is -2.30. The van der Waals surface area contributed by atoms with Crippen LogP contribution in [0.4, 0.5) is 0 Å². The van der Waals surface area contributed by atoms with E-state index in [0.29, 0.717) is 36.4 Å². The SMILES string of the molecule is CCN(Cc1cccs1)C(=O)CCc1c(C)c2ccc(OC)cc2oc1=O. The van der Waals surface area contributed by atoms with E-state index in [9.17, 15) is 9.59 Å². The molecule has 27 heavy (non-hydrogen) atoms. The van der Waals surface area contributed by atoms with Gasteiger partial charge in [-0.2, -0.15) is 0 Å². The largest absolute Gasteiger partial charge is 0.497 e. The fourth-order valence-corrected chi connectivity index (χ4v) is 3.87. The Morgan fingerprint density at radius 1 is 1.30 bits per heavy atom. The Bertz CT molecular complexity index is 991. The number of hydrogen-bond acceptors (Lipinski definition) is 5. The highest BCUT2D eigenvalue weighted by Crippen LogP contribution is 2.24. The molecule has 0 aliphatic rings. The zero-order valence-corrected chi connectivity index (χ0v) is 16.6. The Morgan fingerprint density at radius 3 is 2.78 bits per heavy atom. The van der Waals surface area contributed by atoms with Gasteiger partial charge in [-0.25, -0.2) is 4.79 Å². The average molecular weight is 385 g/mol. The van der Waals surface area contributed by atoms with Crippen molar-refractivity contribution in [2.24, 2.45) is 0 Å². The molecule has 0 saturated heterocycles. The summed E-state index contributed by atoms with van der Waals surface area (Å²) in [6.45, 7) is 5.11. The Balaban J connectivity index is 1.77. The van der Waals surface area contributed by atoms with E-state index < -0.39 is 0 Å². The summed E-state index contributed by atoms with van der Waals surface area (Å²) in [5.41, 5.74) is 1.54. The Morgan fingerprint density at radius 2 is 2.11 bits per heavy atom. The molecule has 1 amide bonds. The van der Waals surface area contributed by atoms with E-state index in [4.69, 9.17) is 9.15 Å². The van der Waals surface area contributed by atoms with Gasteiger partial charge < -0.3 is 14.1 Å². The lowest BCUT2D eigenvalue weighted by molar-refractivity contribution is -0.131. The summed E-state index contributed by atoms with van der Waals surface area (Å²) in [5, 5.41) is 2.87. The van der Waals surface area contributed by atoms with E-state index in [1.54, 1.807) is 24.5 Å². The monoisotopic (exact) mass is 385 g/mol. The number of benzene rings is 1. The fourth-order valence-electron chi connectivity index (χ4n) is 3.15. The molecule has 0 saturated carbocycles. The summed E-state index contributed by atoms with van der Waals surface area (Å²) in [4.78, 5) is 28.0. The van der Waals surface area contributed by atoms with E-state index >= 15 is 0 Å². The van der Waals surface area contributed by atoms with Gasteiger partial charge in [-0.05, 0) is 49.4 Å². The third kappa shape index (κ3) is 4.22. The van der Waals surface area contributed by atoms with Crippen LogP contribution >= 0.6 is 11.3 Å². The van der Waals surface area contributed by atoms with Crippen molar-refractivity contribution in [3.8, 4) is 5.75 Å². The van der Waals surface area contributed by atoms with Gasteiger partial charge in [-0.1, -0.05) is 6.07 Å². The third-order valence-electron chi connectivity index (χ3n) is 4.74. The molecule has 5 nitrogen and oxygen atoms in total. The second kappa shape index (κ2) is 8.39. The first-order chi connectivity index (χ1) is 13.0. The lowest BCUT2D eigenvalue weighted by Gasteiger charge is -2.20. The minimum absolute atomic E-state index is 0.0412. The number of carbonyl (C=O) groups is 1. The molecule has 0 bridgehead atoms. The zero-order valence-electron chi connectivity index (χ0n) is 15.8. The van der Waals surface area contributed by atoms with Gasteiger partial charge in [0, 0.05) is 34.9 Å². The molecule has 0 aliphatic heterocycles. The Kier molecular flexibility index (Phi) is 5.96. The summed E-state index contributed by atoms with van der Waals surface area (Å²) in [6.07, 6.45) is 0.655. The summed E-state index contributed by atoms with van der Waals surface area (Å²) in [6, 6.07) is 9.43. The number of methoxy groups -OCH3 is 1. The van der Waals surface area contributed by atoms with Crippen molar-refractivity contribution >= 4 is 28.2 Å². The van der Waals surface area contributed by atoms with Crippen LogP contribution in [0.1, 0.15) is 29.3 Å². The molecule has 0 radical (unpaired) electrons. The van der Waals surface area contributed by atoms with Crippen LogP contribution in [0.3, 0.4) is 0 Å². The molecule has 1 aromatic carbocycles. The van der Waals surface area contributed by atoms with Gasteiger partial charge in [0.15, 0.2) is 0 Å². The van der Waals surface area contributed by atoms with Crippen molar-refractivity contribution < 1.29 is 13.9 Å². The quantitative estimate of drug-likeness (QED) is 0.573. The van der Waals surface area contributed by atoms with Crippen molar-refractivity contribution in [2.75, 3.05) is 13.7 Å². The molecule has 6 heteroatoms. The van der Waals surface area contributed by atoms with E-state index in [0.717, 1.165) is 15.8 Å². The van der Waals surface area contributed by atoms with Crippen molar-refractivity contribution in [3.63, 3.8) is 0 Å². The third-order valence-corrected chi connectivity index (χ3v) is 5.61. The molecule has 2 aromatic heterocycles. The first-order valence-electron chi connectivity index (χ1n) is 8.94. The minimum atomic E-state index is -0.387. The molecule has 0 N–H and O–H groups in total. The maximum Gasteiger partial charge on any atom is 0.339 e. The highest BCUT2D eigenvalue weighted by Gasteiger charge is 2.17. The normalized spacial score (nSPS) is 10.9. The molecule has 3 aromatic rings. The van der Waals surface area contributed by atoms with Crippen LogP contribution in [0.15, 0.2) is 44.9 Å². The second-order valence-electron chi connectivity index (χ2n) is 6.34. The van der Waals surface area contributed by atoms with Crippen molar-refractivity contribution in [1.82, 2.24) is 4.90 Å². The molecule has 142 valence electrons. The van der Waals surface area contributed by atoms with Crippen LogP contribution in [0.25, 0.3) is 11.0 Å². The Hall–Kier alpha value is -2.60. The summed E-state index contributed by atoms with van der Waals surface area (Å²) in [5.74, 6) is 0.680.